The van der Waals surface area contributed by atoms with Crippen LogP contribution in [0, 0.1) is 5.92 Å². The summed E-state index contributed by atoms with van der Waals surface area (Å²) in [5.74, 6) is 0.851. The van der Waals surface area contributed by atoms with Crippen molar-refractivity contribution in [2.24, 2.45) is 5.92 Å². The van der Waals surface area contributed by atoms with E-state index in [2.05, 4.69) is 10.3 Å². The van der Waals surface area contributed by atoms with Crippen LogP contribution in [0.4, 0.5) is 0 Å². The van der Waals surface area contributed by atoms with Gasteiger partial charge in [-0.15, -0.1) is 0 Å². The average molecular weight is 330 g/mol. The van der Waals surface area contributed by atoms with Gasteiger partial charge >= 0.3 is 0 Å². The van der Waals surface area contributed by atoms with Gasteiger partial charge < -0.3 is 5.32 Å². The fourth-order valence-corrected chi connectivity index (χ4v) is 4.34. The minimum absolute atomic E-state index is 0.180. The van der Waals surface area contributed by atoms with Crippen molar-refractivity contribution < 1.29 is 8.42 Å². The normalized spacial score (nSPS) is 21.6. The topological polar surface area (TPSA) is 62.3 Å². The summed E-state index contributed by atoms with van der Waals surface area (Å²) >= 11 is 5.83. The highest BCUT2D eigenvalue weighted by Gasteiger charge is 2.30. The van der Waals surface area contributed by atoms with Crippen LogP contribution in [-0.2, 0) is 10.0 Å². The Hall–Kier alpha value is -0.690. The minimum Gasteiger partial charge on any atom is -0.314 e. The molecule has 116 valence electrons. The zero-order chi connectivity index (χ0) is 14.9. The molecular formula is C14H20ClN3O2S. The molecule has 0 radical (unpaired) electrons. The van der Waals surface area contributed by atoms with E-state index in [1.165, 1.54) is 35.6 Å². The lowest BCUT2D eigenvalue weighted by atomic mass is 10.1. The van der Waals surface area contributed by atoms with Gasteiger partial charge in [0, 0.05) is 31.5 Å². The van der Waals surface area contributed by atoms with E-state index in [1.807, 2.05) is 0 Å². The summed E-state index contributed by atoms with van der Waals surface area (Å²) in [4.78, 5) is 4.05. The molecule has 1 N–H and O–H groups in total. The standard InChI is InChI=1S/C14H20ClN3O2S/c15-12-7-14(10-16-9-12)21(19,20)18-5-3-13(4-6-18)17-8-11-1-2-11/h7,9-11,13,17H,1-6,8H2. The molecule has 2 fully saturated rings. The molecule has 2 aliphatic rings. The van der Waals surface area contributed by atoms with Crippen molar-refractivity contribution in [3.63, 3.8) is 0 Å². The van der Waals surface area contributed by atoms with Crippen LogP contribution in [0.1, 0.15) is 25.7 Å². The lowest BCUT2D eigenvalue weighted by Gasteiger charge is -2.31. The highest BCUT2D eigenvalue weighted by atomic mass is 35.5. The number of pyridine rings is 1. The fraction of sp³-hybridized carbons (Fsp3) is 0.643. The molecule has 0 bridgehead atoms. The Morgan fingerprint density at radius 3 is 2.57 bits per heavy atom. The second-order valence-electron chi connectivity index (χ2n) is 5.87. The SMILES string of the molecule is O=S(=O)(c1cncc(Cl)c1)N1CCC(NCC2CC2)CC1. The molecule has 5 nitrogen and oxygen atoms in total. The number of piperidine rings is 1. The van der Waals surface area contributed by atoms with Crippen LogP contribution in [0.2, 0.25) is 5.02 Å². The Labute approximate surface area is 130 Å². The van der Waals surface area contributed by atoms with Gasteiger partial charge in [0.1, 0.15) is 4.90 Å². The van der Waals surface area contributed by atoms with Crippen molar-refractivity contribution in [2.45, 2.75) is 36.6 Å². The van der Waals surface area contributed by atoms with Crippen molar-refractivity contribution in [3.05, 3.63) is 23.5 Å². The average Bonchev–Trinajstić information content (AvgIpc) is 3.30. The summed E-state index contributed by atoms with van der Waals surface area (Å²) in [5, 5.41) is 3.89. The number of hydrogen-bond acceptors (Lipinski definition) is 4. The number of hydrogen-bond donors (Lipinski definition) is 1. The summed E-state index contributed by atoms with van der Waals surface area (Å²) in [6.45, 7) is 2.18. The van der Waals surface area contributed by atoms with Gasteiger partial charge in [-0.3, -0.25) is 4.98 Å². The van der Waals surface area contributed by atoms with Crippen LogP contribution in [0.15, 0.2) is 23.4 Å². The maximum atomic E-state index is 12.5. The number of sulfonamides is 1. The predicted molar refractivity (Wildman–Crippen MR) is 81.8 cm³/mol. The van der Waals surface area contributed by atoms with E-state index >= 15 is 0 Å². The number of nitrogens with zero attached hydrogens (tertiary/aromatic N) is 2. The third-order valence-corrected chi connectivity index (χ3v) is 6.23. The maximum absolute atomic E-state index is 12.5. The van der Waals surface area contributed by atoms with Crippen molar-refractivity contribution in [1.29, 1.82) is 0 Å². The van der Waals surface area contributed by atoms with Crippen molar-refractivity contribution >= 4 is 21.6 Å². The minimum atomic E-state index is -3.47. The third-order valence-electron chi connectivity index (χ3n) is 4.16. The lowest BCUT2D eigenvalue weighted by Crippen LogP contribution is -2.45. The molecule has 0 atom stereocenters. The number of nitrogens with one attached hydrogen (secondary N) is 1. The number of aromatic nitrogens is 1. The van der Waals surface area contributed by atoms with Gasteiger partial charge in [0.15, 0.2) is 0 Å². The van der Waals surface area contributed by atoms with Crippen LogP contribution < -0.4 is 5.32 Å². The molecule has 1 aromatic rings. The summed E-state index contributed by atoms with van der Waals surface area (Å²) in [5.41, 5.74) is 0. The smallest absolute Gasteiger partial charge is 0.244 e. The molecule has 0 spiro atoms. The largest absolute Gasteiger partial charge is 0.314 e. The molecule has 2 heterocycles. The second kappa shape index (κ2) is 6.20. The van der Waals surface area contributed by atoms with E-state index < -0.39 is 10.0 Å². The van der Waals surface area contributed by atoms with Gasteiger partial charge in [0.25, 0.3) is 0 Å². The summed E-state index contributed by atoms with van der Waals surface area (Å²) in [6, 6.07) is 1.90. The Bertz CT molecular complexity index is 596. The summed E-state index contributed by atoms with van der Waals surface area (Å²) < 4.78 is 26.6. The van der Waals surface area contributed by atoms with Crippen LogP contribution >= 0.6 is 11.6 Å². The van der Waals surface area contributed by atoms with E-state index in [0.29, 0.717) is 24.2 Å². The Morgan fingerprint density at radius 2 is 1.95 bits per heavy atom. The number of halogens is 1. The van der Waals surface area contributed by atoms with E-state index in [0.717, 1.165) is 25.3 Å². The van der Waals surface area contributed by atoms with E-state index in [1.54, 1.807) is 0 Å². The van der Waals surface area contributed by atoms with E-state index in [-0.39, 0.29) is 4.90 Å². The quantitative estimate of drug-likeness (QED) is 0.896. The molecule has 0 unspecified atom stereocenters. The first-order chi connectivity index (χ1) is 10.1. The van der Waals surface area contributed by atoms with Crippen LogP contribution in [0.5, 0.6) is 0 Å². The number of rotatable bonds is 5. The fourth-order valence-electron chi connectivity index (χ4n) is 2.64. The Balaban J connectivity index is 1.59. The molecule has 3 rings (SSSR count). The molecule has 1 aromatic heterocycles. The van der Waals surface area contributed by atoms with E-state index in [4.69, 9.17) is 11.6 Å². The van der Waals surface area contributed by atoms with Crippen LogP contribution in [0.3, 0.4) is 0 Å². The Kier molecular flexibility index (Phi) is 4.49. The van der Waals surface area contributed by atoms with Gasteiger partial charge in [0.05, 0.1) is 5.02 Å². The molecule has 21 heavy (non-hydrogen) atoms. The highest BCUT2D eigenvalue weighted by Crippen LogP contribution is 2.28. The molecule has 1 aliphatic heterocycles. The zero-order valence-electron chi connectivity index (χ0n) is 11.8. The molecule has 0 aromatic carbocycles. The van der Waals surface area contributed by atoms with Gasteiger partial charge in [-0.2, -0.15) is 4.31 Å². The first-order valence-electron chi connectivity index (χ1n) is 7.40. The first kappa shape index (κ1) is 15.2. The van der Waals surface area contributed by atoms with Gasteiger partial charge in [-0.25, -0.2) is 8.42 Å². The van der Waals surface area contributed by atoms with Crippen molar-refractivity contribution in [3.8, 4) is 0 Å². The molecule has 0 amide bonds. The summed E-state index contributed by atoms with van der Waals surface area (Å²) in [7, 11) is -3.47. The van der Waals surface area contributed by atoms with Gasteiger partial charge in [-0.05, 0) is 44.2 Å². The van der Waals surface area contributed by atoms with Gasteiger partial charge in [-0.1, -0.05) is 11.6 Å². The lowest BCUT2D eigenvalue weighted by molar-refractivity contribution is 0.288. The molecule has 1 aliphatic carbocycles. The first-order valence-corrected chi connectivity index (χ1v) is 9.21. The van der Waals surface area contributed by atoms with Crippen LogP contribution in [-0.4, -0.2) is 43.4 Å². The van der Waals surface area contributed by atoms with Crippen molar-refractivity contribution in [2.75, 3.05) is 19.6 Å². The Morgan fingerprint density at radius 1 is 1.24 bits per heavy atom. The maximum Gasteiger partial charge on any atom is 0.244 e. The van der Waals surface area contributed by atoms with E-state index in [9.17, 15) is 8.42 Å². The third kappa shape index (κ3) is 3.74. The van der Waals surface area contributed by atoms with Crippen molar-refractivity contribution in [1.82, 2.24) is 14.6 Å². The second-order valence-corrected chi connectivity index (χ2v) is 8.24. The molecule has 1 saturated carbocycles. The zero-order valence-corrected chi connectivity index (χ0v) is 13.4. The van der Waals surface area contributed by atoms with Crippen LogP contribution in [0.25, 0.3) is 0 Å². The highest BCUT2D eigenvalue weighted by molar-refractivity contribution is 7.89. The predicted octanol–water partition coefficient (Wildman–Crippen LogP) is 1.89. The molecule has 7 heteroatoms. The molecular weight excluding hydrogens is 310 g/mol. The van der Waals surface area contributed by atoms with Gasteiger partial charge in [0.2, 0.25) is 10.0 Å². The summed E-state index contributed by atoms with van der Waals surface area (Å²) in [6.07, 6.45) is 7.19. The molecule has 1 saturated heterocycles. The monoisotopic (exact) mass is 329 g/mol.